The number of likely N-dealkylation sites (tertiary alicyclic amines) is 1. The van der Waals surface area contributed by atoms with Crippen LogP contribution in [0.3, 0.4) is 0 Å². The molecule has 3 aromatic rings. The van der Waals surface area contributed by atoms with E-state index in [4.69, 9.17) is 30.8 Å². The van der Waals surface area contributed by atoms with Crippen LogP contribution in [0.15, 0.2) is 48.7 Å². The summed E-state index contributed by atoms with van der Waals surface area (Å²) in [6.45, 7) is 9.01. The maximum absolute atomic E-state index is 13.1. The second-order valence-corrected chi connectivity index (χ2v) is 18.4. The van der Waals surface area contributed by atoms with E-state index in [1.54, 1.807) is 0 Å². The summed E-state index contributed by atoms with van der Waals surface area (Å²) >= 11 is 6.34. The lowest BCUT2D eigenvalue weighted by Gasteiger charge is -2.47. The molecule has 1 aromatic heterocycles. The number of ether oxygens (including phenoxy) is 3. The molecular formula is C46H61ClN4O5. The van der Waals surface area contributed by atoms with E-state index in [1.807, 2.05) is 36.5 Å². The lowest BCUT2D eigenvalue weighted by molar-refractivity contribution is -0.144. The number of aryl methyl sites for hydroxylation is 1. The molecular weight excluding hydrogens is 724 g/mol. The molecule has 1 saturated heterocycles. The maximum Gasteiger partial charge on any atom is 0.329 e. The van der Waals surface area contributed by atoms with Crippen LogP contribution in [0.2, 0.25) is 5.02 Å². The zero-order valence-corrected chi connectivity index (χ0v) is 34.6. The minimum absolute atomic E-state index is 0.0406. The molecule has 10 heteroatoms. The second-order valence-electron chi connectivity index (χ2n) is 18.0. The second kappa shape index (κ2) is 16.4. The smallest absolute Gasteiger partial charge is 0.329 e. The fourth-order valence-corrected chi connectivity index (χ4v) is 11.1. The molecule has 1 saturated carbocycles. The number of carboxylic acid groups (broad SMARTS) is 1. The number of nitrogens with zero attached hydrogens (tertiary/aromatic N) is 3. The van der Waals surface area contributed by atoms with Crippen molar-refractivity contribution in [1.82, 2.24) is 14.8 Å². The van der Waals surface area contributed by atoms with Crippen molar-refractivity contribution >= 4 is 23.3 Å². The number of rotatable bonds is 11. The molecule has 3 aliphatic carbocycles. The van der Waals surface area contributed by atoms with E-state index in [2.05, 4.69) is 55.2 Å². The van der Waals surface area contributed by atoms with Crippen molar-refractivity contribution < 1.29 is 24.1 Å². The number of anilines is 1. The minimum atomic E-state index is -1.08. The highest BCUT2D eigenvalue weighted by molar-refractivity contribution is 6.30. The highest BCUT2D eigenvalue weighted by Gasteiger charge is 2.54. The van der Waals surface area contributed by atoms with Crippen molar-refractivity contribution in [3.8, 4) is 17.2 Å². The molecule has 9 nitrogen and oxygen atoms in total. The molecule has 0 amide bonds. The molecule has 1 spiro atoms. The summed E-state index contributed by atoms with van der Waals surface area (Å²) in [5.74, 6) is 2.94. The standard InChI is InChI=1S/C46H61ClN4O5/c1-30(29-55-40-11-19-48-39-10-5-7-31(2)43(39)40)23-33-24-32-25-41-42(56-37(14-22-54-41)28-51(4)36-12-20-50(3)21-13-36)27-38(32)45(33)15-17-46(18-16-45,44(52)53)49-35-9-6-8-34(47)26-35/h6,8-9,11,19,25-27,30-31,33,36-37,49H,5,7,10,12-18,20-24,28-29H2,1-4H3,(H,52,53)/t30-,31-,33?,37?,45?,46?/m1/s1. The van der Waals surface area contributed by atoms with Crippen molar-refractivity contribution in [3.05, 3.63) is 76.1 Å². The van der Waals surface area contributed by atoms with Gasteiger partial charge in [0.1, 0.15) is 17.4 Å². The Kier molecular flexibility index (Phi) is 11.5. The average molecular weight is 785 g/mol. The zero-order valence-electron chi connectivity index (χ0n) is 33.8. The highest BCUT2D eigenvalue weighted by atomic mass is 35.5. The molecule has 56 heavy (non-hydrogen) atoms. The number of carbonyl (C=O) groups is 1. The SMILES string of the molecule is C[C@@H](COc1ccnc2c1[C@H](C)CCC2)CC1Cc2cc3c(cc2C12CCC(Nc1cccc(Cl)c1)(C(=O)O)CC2)OC(CN(C)C1CCN(C)CC1)CCO3. The van der Waals surface area contributed by atoms with Crippen LogP contribution < -0.4 is 19.5 Å². The van der Waals surface area contributed by atoms with Crippen LogP contribution >= 0.6 is 11.6 Å². The van der Waals surface area contributed by atoms with Gasteiger partial charge in [-0.1, -0.05) is 31.5 Å². The van der Waals surface area contributed by atoms with Gasteiger partial charge in [-0.05, 0) is 169 Å². The number of aliphatic carboxylic acids is 1. The number of benzene rings is 2. The van der Waals surface area contributed by atoms with Gasteiger partial charge in [-0.25, -0.2) is 4.79 Å². The fourth-order valence-electron chi connectivity index (χ4n) is 10.9. The quantitative estimate of drug-likeness (QED) is 0.198. The van der Waals surface area contributed by atoms with E-state index >= 15 is 0 Å². The van der Waals surface area contributed by atoms with E-state index in [9.17, 15) is 9.90 Å². The van der Waals surface area contributed by atoms with Crippen molar-refractivity contribution in [1.29, 1.82) is 0 Å². The van der Waals surface area contributed by atoms with Crippen molar-refractivity contribution in [2.75, 3.05) is 52.3 Å². The van der Waals surface area contributed by atoms with Gasteiger partial charge in [0.05, 0.1) is 13.2 Å². The van der Waals surface area contributed by atoms with Crippen LogP contribution in [0.1, 0.15) is 106 Å². The van der Waals surface area contributed by atoms with Crippen LogP contribution in [0.4, 0.5) is 5.69 Å². The topological polar surface area (TPSA) is 96.4 Å². The Bertz CT molecular complexity index is 1870. The van der Waals surface area contributed by atoms with E-state index in [0.717, 1.165) is 81.1 Å². The number of carboxylic acids is 1. The molecule has 2 aliphatic heterocycles. The van der Waals surface area contributed by atoms with Crippen LogP contribution in [0, 0.1) is 11.8 Å². The molecule has 0 radical (unpaired) electrons. The number of pyridine rings is 1. The summed E-state index contributed by atoms with van der Waals surface area (Å²) < 4.78 is 20.0. The van der Waals surface area contributed by atoms with Gasteiger partial charge in [0.2, 0.25) is 0 Å². The summed E-state index contributed by atoms with van der Waals surface area (Å²) in [4.78, 5) is 22.8. The number of aromatic nitrogens is 1. The number of piperidine rings is 1. The van der Waals surface area contributed by atoms with Crippen molar-refractivity contribution in [2.45, 2.75) is 120 Å². The monoisotopic (exact) mass is 784 g/mol. The first-order chi connectivity index (χ1) is 27.0. The van der Waals surface area contributed by atoms with Gasteiger partial charge in [-0.2, -0.15) is 0 Å². The first-order valence-electron chi connectivity index (χ1n) is 21.3. The van der Waals surface area contributed by atoms with Crippen LogP contribution in [0.25, 0.3) is 0 Å². The van der Waals surface area contributed by atoms with Gasteiger partial charge in [0.15, 0.2) is 11.5 Å². The Morgan fingerprint density at radius 2 is 1.91 bits per heavy atom. The molecule has 2 N–H and O–H groups in total. The van der Waals surface area contributed by atoms with E-state index in [1.165, 1.54) is 48.1 Å². The molecule has 2 aromatic carbocycles. The summed E-state index contributed by atoms with van der Waals surface area (Å²) in [6.07, 6.45) is 13.0. The minimum Gasteiger partial charge on any atom is -0.493 e. The van der Waals surface area contributed by atoms with Gasteiger partial charge >= 0.3 is 5.97 Å². The summed E-state index contributed by atoms with van der Waals surface area (Å²) in [5.41, 5.74) is 4.59. The largest absolute Gasteiger partial charge is 0.493 e. The number of hydrogen-bond acceptors (Lipinski definition) is 8. The Hall–Kier alpha value is -3.53. The van der Waals surface area contributed by atoms with Crippen LogP contribution in [-0.2, 0) is 23.1 Å². The molecule has 8 rings (SSSR count). The molecule has 4 atom stereocenters. The Labute approximate surface area is 338 Å². The molecule has 3 heterocycles. The van der Waals surface area contributed by atoms with Gasteiger partial charge in [-0.3, -0.25) is 9.88 Å². The van der Waals surface area contributed by atoms with Crippen molar-refractivity contribution in [3.63, 3.8) is 0 Å². The predicted molar refractivity (Wildman–Crippen MR) is 222 cm³/mol. The number of likely N-dealkylation sites (N-methyl/N-ethyl adjacent to an activating group) is 1. The van der Waals surface area contributed by atoms with E-state index < -0.39 is 11.5 Å². The molecule has 2 unspecified atom stereocenters. The number of nitrogens with one attached hydrogen (secondary N) is 1. The third-order valence-electron chi connectivity index (χ3n) is 14.1. The van der Waals surface area contributed by atoms with E-state index in [-0.39, 0.29) is 11.5 Å². The first-order valence-corrected chi connectivity index (χ1v) is 21.6. The first kappa shape index (κ1) is 39.3. The lowest BCUT2D eigenvalue weighted by Crippen LogP contribution is -2.53. The highest BCUT2D eigenvalue weighted by Crippen LogP contribution is 2.58. The fraction of sp³-hybridized carbons (Fsp3) is 0.609. The molecule has 0 bridgehead atoms. The maximum atomic E-state index is 13.1. The number of halogens is 1. The summed E-state index contributed by atoms with van der Waals surface area (Å²) in [6, 6.07) is 14.6. The van der Waals surface area contributed by atoms with Gasteiger partial charge in [-0.15, -0.1) is 0 Å². The molecule has 5 aliphatic rings. The van der Waals surface area contributed by atoms with Crippen LogP contribution in [0.5, 0.6) is 17.2 Å². The number of fused-ring (bicyclic) bond motifs is 4. The third-order valence-corrected chi connectivity index (χ3v) is 14.4. The summed E-state index contributed by atoms with van der Waals surface area (Å²) in [5, 5.41) is 14.8. The zero-order chi connectivity index (χ0) is 39.0. The predicted octanol–water partition coefficient (Wildman–Crippen LogP) is 8.76. The van der Waals surface area contributed by atoms with Crippen LogP contribution in [-0.4, -0.2) is 90.5 Å². The van der Waals surface area contributed by atoms with Gasteiger partial charge < -0.3 is 29.5 Å². The third kappa shape index (κ3) is 7.97. The molecule has 2 fully saturated rings. The van der Waals surface area contributed by atoms with Gasteiger partial charge in [0, 0.05) is 47.2 Å². The molecule has 302 valence electrons. The van der Waals surface area contributed by atoms with E-state index in [0.29, 0.717) is 54.9 Å². The van der Waals surface area contributed by atoms with Crippen molar-refractivity contribution in [2.24, 2.45) is 11.8 Å². The Morgan fingerprint density at radius 3 is 2.68 bits per heavy atom. The van der Waals surface area contributed by atoms with Gasteiger partial charge in [0.25, 0.3) is 0 Å². The Morgan fingerprint density at radius 1 is 1.11 bits per heavy atom. The lowest BCUT2D eigenvalue weighted by atomic mass is 9.59. The Balaban J connectivity index is 1.05. The number of hydrogen-bond donors (Lipinski definition) is 2. The summed E-state index contributed by atoms with van der Waals surface area (Å²) in [7, 11) is 4.46. The normalized spacial score (nSPS) is 28.4. The average Bonchev–Trinajstić information content (AvgIpc) is 3.30.